The minimum atomic E-state index is 0.431. The lowest BCUT2D eigenvalue weighted by Gasteiger charge is -2.41. The van der Waals surface area contributed by atoms with Crippen LogP contribution in [0.2, 0.25) is 0 Å². The molecule has 3 unspecified atom stereocenters. The van der Waals surface area contributed by atoms with Crippen molar-refractivity contribution >= 4 is 5.71 Å². The molecule has 0 aliphatic heterocycles. The minimum absolute atomic E-state index is 0.431. The molecule has 0 spiro atoms. The van der Waals surface area contributed by atoms with Crippen molar-refractivity contribution in [2.45, 2.75) is 84.3 Å². The number of hydrogen-bond donors (Lipinski definition) is 2. The Kier molecular flexibility index (Phi) is 6.69. The summed E-state index contributed by atoms with van der Waals surface area (Å²) in [7, 11) is 0. The first-order chi connectivity index (χ1) is 10.1. The zero-order valence-corrected chi connectivity index (χ0v) is 14.3. The van der Waals surface area contributed by atoms with E-state index in [-0.39, 0.29) is 0 Å². The first-order valence-electron chi connectivity index (χ1n) is 9.20. The third-order valence-corrected chi connectivity index (χ3v) is 5.71. The number of hydrogen-bond acceptors (Lipinski definition) is 3. The highest BCUT2D eigenvalue weighted by Gasteiger charge is 2.32. The SMILES string of the molecule is CCNC(C)N(CC1CCCC1)C(C)C1CCCCC1=N. The average Bonchev–Trinajstić information content (AvgIpc) is 2.98. The second-order valence-electron chi connectivity index (χ2n) is 7.20. The Morgan fingerprint density at radius 1 is 1.14 bits per heavy atom. The molecule has 0 heterocycles. The van der Waals surface area contributed by atoms with E-state index in [4.69, 9.17) is 5.41 Å². The largest absolute Gasteiger partial charge is 0.309 e. The smallest absolute Gasteiger partial charge is 0.0570 e. The van der Waals surface area contributed by atoms with E-state index in [1.54, 1.807) is 0 Å². The molecule has 2 rings (SSSR count). The number of nitrogens with one attached hydrogen (secondary N) is 2. The Bertz CT molecular complexity index is 322. The van der Waals surface area contributed by atoms with Crippen LogP contribution in [0.4, 0.5) is 0 Å². The van der Waals surface area contributed by atoms with Crippen LogP contribution in [0.3, 0.4) is 0 Å². The van der Waals surface area contributed by atoms with Gasteiger partial charge in [0, 0.05) is 24.2 Å². The van der Waals surface area contributed by atoms with Gasteiger partial charge in [0.2, 0.25) is 0 Å². The van der Waals surface area contributed by atoms with Crippen LogP contribution in [0.15, 0.2) is 0 Å². The zero-order valence-electron chi connectivity index (χ0n) is 14.3. The van der Waals surface area contributed by atoms with Gasteiger partial charge in [-0.15, -0.1) is 0 Å². The highest BCUT2D eigenvalue weighted by atomic mass is 15.3. The van der Waals surface area contributed by atoms with Gasteiger partial charge >= 0.3 is 0 Å². The lowest BCUT2D eigenvalue weighted by Crippen LogP contribution is -2.53. The summed E-state index contributed by atoms with van der Waals surface area (Å²) in [4.78, 5) is 2.67. The van der Waals surface area contributed by atoms with Gasteiger partial charge in [0.05, 0.1) is 6.17 Å². The fourth-order valence-corrected chi connectivity index (χ4v) is 4.38. The van der Waals surface area contributed by atoms with Crippen LogP contribution < -0.4 is 5.32 Å². The Morgan fingerprint density at radius 2 is 1.81 bits per heavy atom. The van der Waals surface area contributed by atoms with E-state index in [2.05, 4.69) is 31.0 Å². The number of nitrogens with zero attached hydrogens (tertiary/aromatic N) is 1. The summed E-state index contributed by atoms with van der Waals surface area (Å²) in [5.74, 6) is 1.37. The van der Waals surface area contributed by atoms with Gasteiger partial charge < -0.3 is 10.7 Å². The normalized spacial score (nSPS) is 27.2. The van der Waals surface area contributed by atoms with Crippen LogP contribution in [-0.2, 0) is 0 Å². The van der Waals surface area contributed by atoms with Gasteiger partial charge in [-0.1, -0.05) is 26.2 Å². The van der Waals surface area contributed by atoms with E-state index in [1.807, 2.05) is 0 Å². The first kappa shape index (κ1) is 17.0. The Balaban J connectivity index is 2.02. The highest BCUT2D eigenvalue weighted by molar-refractivity contribution is 5.85. The topological polar surface area (TPSA) is 39.1 Å². The lowest BCUT2D eigenvalue weighted by molar-refractivity contribution is 0.0853. The fourth-order valence-electron chi connectivity index (χ4n) is 4.38. The van der Waals surface area contributed by atoms with Crippen molar-refractivity contribution in [3.8, 4) is 0 Å². The fraction of sp³-hybridized carbons (Fsp3) is 0.944. The maximum Gasteiger partial charge on any atom is 0.0570 e. The van der Waals surface area contributed by atoms with Crippen LogP contribution in [-0.4, -0.2) is 35.9 Å². The van der Waals surface area contributed by atoms with Gasteiger partial charge in [-0.2, -0.15) is 0 Å². The van der Waals surface area contributed by atoms with E-state index in [1.165, 1.54) is 51.5 Å². The van der Waals surface area contributed by atoms with Crippen molar-refractivity contribution in [2.75, 3.05) is 13.1 Å². The van der Waals surface area contributed by atoms with Crippen molar-refractivity contribution < 1.29 is 0 Å². The summed E-state index contributed by atoms with van der Waals surface area (Å²) in [6.45, 7) is 9.11. The summed E-state index contributed by atoms with van der Waals surface area (Å²) in [6.07, 6.45) is 10.9. The second-order valence-corrected chi connectivity index (χ2v) is 7.20. The summed E-state index contributed by atoms with van der Waals surface area (Å²) in [5, 5.41) is 12.0. The maximum atomic E-state index is 8.35. The summed E-state index contributed by atoms with van der Waals surface area (Å²) in [5.41, 5.74) is 1.01. The molecule has 0 saturated heterocycles. The van der Waals surface area contributed by atoms with E-state index in [0.717, 1.165) is 24.6 Å². The van der Waals surface area contributed by atoms with E-state index >= 15 is 0 Å². The van der Waals surface area contributed by atoms with Gasteiger partial charge in [-0.3, -0.25) is 4.90 Å². The predicted octanol–water partition coefficient (Wildman–Crippen LogP) is 4.03. The molecule has 0 radical (unpaired) electrons. The molecule has 21 heavy (non-hydrogen) atoms. The molecule has 2 saturated carbocycles. The molecular formula is C18H35N3. The van der Waals surface area contributed by atoms with Crippen LogP contribution in [0.5, 0.6) is 0 Å². The van der Waals surface area contributed by atoms with Crippen LogP contribution >= 0.6 is 0 Å². The zero-order chi connectivity index (χ0) is 15.2. The molecule has 122 valence electrons. The molecule has 0 bridgehead atoms. The molecule has 3 nitrogen and oxygen atoms in total. The Labute approximate surface area is 131 Å². The summed E-state index contributed by atoms with van der Waals surface area (Å²) < 4.78 is 0. The van der Waals surface area contributed by atoms with Gasteiger partial charge in [0.1, 0.15) is 0 Å². The van der Waals surface area contributed by atoms with Crippen molar-refractivity contribution in [3.05, 3.63) is 0 Å². The molecule has 2 aliphatic rings. The van der Waals surface area contributed by atoms with E-state index in [0.29, 0.717) is 18.1 Å². The molecule has 0 aromatic rings. The monoisotopic (exact) mass is 293 g/mol. The molecular weight excluding hydrogens is 258 g/mol. The van der Waals surface area contributed by atoms with E-state index in [9.17, 15) is 0 Å². The third-order valence-electron chi connectivity index (χ3n) is 5.71. The molecule has 3 heteroatoms. The van der Waals surface area contributed by atoms with Gasteiger partial charge in [0.15, 0.2) is 0 Å². The number of rotatable bonds is 7. The second kappa shape index (κ2) is 8.28. The minimum Gasteiger partial charge on any atom is -0.309 e. The summed E-state index contributed by atoms with van der Waals surface area (Å²) in [6, 6.07) is 0.507. The molecule has 3 atom stereocenters. The third kappa shape index (κ3) is 4.53. The molecule has 0 aromatic carbocycles. The highest BCUT2D eigenvalue weighted by Crippen LogP contribution is 2.31. The Hall–Kier alpha value is -0.410. The standard InChI is InChI=1S/C18H35N3/c1-4-20-15(3)21(13-16-9-5-6-10-16)14(2)17-11-7-8-12-18(17)19/h14-17,19-20H,4-13H2,1-3H3. The summed E-state index contributed by atoms with van der Waals surface area (Å²) >= 11 is 0. The Morgan fingerprint density at radius 3 is 2.43 bits per heavy atom. The quantitative estimate of drug-likeness (QED) is 0.696. The van der Waals surface area contributed by atoms with Crippen LogP contribution in [0.25, 0.3) is 0 Å². The van der Waals surface area contributed by atoms with Crippen molar-refractivity contribution in [1.82, 2.24) is 10.2 Å². The molecule has 0 aromatic heterocycles. The maximum absolute atomic E-state index is 8.35. The molecule has 2 aliphatic carbocycles. The van der Waals surface area contributed by atoms with Crippen molar-refractivity contribution in [3.63, 3.8) is 0 Å². The van der Waals surface area contributed by atoms with Gasteiger partial charge in [0.25, 0.3) is 0 Å². The molecule has 0 amide bonds. The van der Waals surface area contributed by atoms with Gasteiger partial charge in [-0.05, 0) is 58.4 Å². The average molecular weight is 293 g/mol. The van der Waals surface area contributed by atoms with Crippen LogP contribution in [0.1, 0.15) is 72.1 Å². The van der Waals surface area contributed by atoms with Gasteiger partial charge in [-0.25, -0.2) is 0 Å². The molecule has 2 fully saturated rings. The van der Waals surface area contributed by atoms with Crippen molar-refractivity contribution in [1.29, 1.82) is 5.41 Å². The van der Waals surface area contributed by atoms with Crippen molar-refractivity contribution in [2.24, 2.45) is 11.8 Å². The lowest BCUT2D eigenvalue weighted by atomic mass is 9.81. The van der Waals surface area contributed by atoms with Crippen LogP contribution in [0, 0.1) is 17.2 Å². The molecule has 2 N–H and O–H groups in total. The first-order valence-corrected chi connectivity index (χ1v) is 9.20. The van der Waals surface area contributed by atoms with E-state index < -0.39 is 0 Å². The predicted molar refractivity (Wildman–Crippen MR) is 90.9 cm³/mol.